The van der Waals surface area contributed by atoms with Crippen molar-refractivity contribution in [2.24, 2.45) is 0 Å². The second-order valence-corrected chi connectivity index (χ2v) is 2.61. The normalized spacial score (nSPS) is 10.3. The van der Waals surface area contributed by atoms with Crippen molar-refractivity contribution in [2.75, 3.05) is 0 Å². The van der Waals surface area contributed by atoms with Gasteiger partial charge in [0.2, 0.25) is 0 Å². The molecule has 2 heterocycles. The van der Waals surface area contributed by atoms with Gasteiger partial charge >= 0.3 is 0 Å². The van der Waals surface area contributed by atoms with Crippen LogP contribution in [0.15, 0.2) is 30.6 Å². The molecule has 0 saturated carbocycles. The third-order valence-corrected chi connectivity index (χ3v) is 1.78. The molecule has 0 aliphatic carbocycles. The van der Waals surface area contributed by atoms with Crippen LogP contribution in [0.4, 0.5) is 0 Å². The molecule has 0 aromatic carbocycles. The van der Waals surface area contributed by atoms with Crippen LogP contribution >= 0.6 is 0 Å². The Morgan fingerprint density at radius 3 is 3.17 bits per heavy atom. The van der Waals surface area contributed by atoms with E-state index in [4.69, 9.17) is 0 Å². The largest absolute Gasteiger partial charge is 0.303 e. The smallest absolute Gasteiger partial charge is 0.124 e. The zero-order valence-electron chi connectivity index (χ0n) is 6.47. The van der Waals surface area contributed by atoms with E-state index in [0.717, 1.165) is 17.4 Å². The third kappa shape index (κ3) is 1.09. The molecule has 0 spiro atoms. The van der Waals surface area contributed by atoms with Crippen molar-refractivity contribution in [3.63, 3.8) is 0 Å². The van der Waals surface area contributed by atoms with E-state index in [1.165, 1.54) is 0 Å². The Balaban J connectivity index is 2.52. The summed E-state index contributed by atoms with van der Waals surface area (Å²) in [6.45, 7) is 0. The maximum Gasteiger partial charge on any atom is 0.124 e. The highest BCUT2D eigenvalue weighted by atomic mass is 16.1. The summed E-state index contributed by atoms with van der Waals surface area (Å²) < 4.78 is 1.76. The molecule has 0 fully saturated rings. The first-order valence-electron chi connectivity index (χ1n) is 3.76. The van der Waals surface area contributed by atoms with Crippen molar-refractivity contribution in [3.05, 3.63) is 36.2 Å². The maximum atomic E-state index is 10.2. The number of rotatable bonds is 2. The summed E-state index contributed by atoms with van der Waals surface area (Å²) in [6, 6.07) is 5.81. The van der Waals surface area contributed by atoms with Gasteiger partial charge in [-0.05, 0) is 17.7 Å². The van der Waals surface area contributed by atoms with E-state index in [0.29, 0.717) is 6.42 Å². The van der Waals surface area contributed by atoms with Gasteiger partial charge < -0.3 is 4.79 Å². The fraction of sp³-hybridized carbons (Fsp3) is 0.111. The molecule has 0 bridgehead atoms. The summed E-state index contributed by atoms with van der Waals surface area (Å²) in [5.74, 6) is 0. The van der Waals surface area contributed by atoms with Crippen LogP contribution in [0.3, 0.4) is 0 Å². The number of nitrogens with zero attached hydrogens (tertiary/aromatic N) is 2. The average molecular weight is 160 g/mol. The predicted octanol–water partition coefficient (Wildman–Crippen LogP) is 1.08. The number of carbonyl (C=O) groups excluding carboxylic acids is 1. The Hall–Kier alpha value is -1.64. The fourth-order valence-electron chi connectivity index (χ4n) is 1.17. The van der Waals surface area contributed by atoms with Gasteiger partial charge in [-0.15, -0.1) is 0 Å². The first-order chi connectivity index (χ1) is 5.90. The lowest BCUT2D eigenvalue weighted by atomic mass is 10.2. The first kappa shape index (κ1) is 7.03. The number of pyridine rings is 1. The van der Waals surface area contributed by atoms with Crippen molar-refractivity contribution in [3.8, 4) is 0 Å². The Labute approximate surface area is 69.6 Å². The SMILES string of the molecule is O=CCc1ccc2ccnn2c1. The van der Waals surface area contributed by atoms with Crippen LogP contribution in [0.1, 0.15) is 5.56 Å². The van der Waals surface area contributed by atoms with E-state index in [9.17, 15) is 4.79 Å². The molecule has 3 nitrogen and oxygen atoms in total. The summed E-state index contributed by atoms with van der Waals surface area (Å²) in [4.78, 5) is 10.2. The number of hydrogen-bond donors (Lipinski definition) is 0. The number of carbonyl (C=O) groups is 1. The topological polar surface area (TPSA) is 34.4 Å². The van der Waals surface area contributed by atoms with Crippen LogP contribution in [-0.4, -0.2) is 15.9 Å². The summed E-state index contributed by atoms with van der Waals surface area (Å²) in [5, 5.41) is 4.06. The molecule has 0 saturated heterocycles. The monoisotopic (exact) mass is 160 g/mol. The minimum absolute atomic E-state index is 0.454. The maximum absolute atomic E-state index is 10.2. The molecule has 0 atom stereocenters. The van der Waals surface area contributed by atoms with Crippen LogP contribution in [0.5, 0.6) is 0 Å². The highest BCUT2D eigenvalue weighted by Gasteiger charge is 1.94. The van der Waals surface area contributed by atoms with Gasteiger partial charge in [-0.25, -0.2) is 4.52 Å². The fourth-order valence-corrected chi connectivity index (χ4v) is 1.17. The molecule has 2 aromatic heterocycles. The van der Waals surface area contributed by atoms with Crippen LogP contribution in [-0.2, 0) is 11.2 Å². The average Bonchev–Trinajstić information content (AvgIpc) is 2.51. The van der Waals surface area contributed by atoms with E-state index >= 15 is 0 Å². The Kier molecular flexibility index (Phi) is 1.63. The standard InChI is InChI=1S/C9H8N2O/c12-6-4-8-1-2-9-3-5-10-11(9)7-8/h1-3,5-7H,4H2. The van der Waals surface area contributed by atoms with Gasteiger partial charge in [-0.1, -0.05) is 6.07 Å². The first-order valence-corrected chi connectivity index (χ1v) is 3.76. The molecule has 2 rings (SSSR count). The zero-order valence-corrected chi connectivity index (χ0v) is 6.47. The van der Waals surface area contributed by atoms with Crippen molar-refractivity contribution >= 4 is 11.8 Å². The Bertz CT molecular complexity index is 406. The van der Waals surface area contributed by atoms with Gasteiger partial charge in [0.05, 0.1) is 5.52 Å². The number of aromatic nitrogens is 2. The minimum Gasteiger partial charge on any atom is -0.303 e. The van der Waals surface area contributed by atoms with Gasteiger partial charge in [-0.2, -0.15) is 5.10 Å². The second kappa shape index (κ2) is 2.77. The summed E-state index contributed by atoms with van der Waals surface area (Å²) in [7, 11) is 0. The van der Waals surface area contributed by atoms with Crippen LogP contribution in [0.2, 0.25) is 0 Å². The van der Waals surface area contributed by atoms with Gasteiger partial charge in [0.1, 0.15) is 6.29 Å². The molecular formula is C9H8N2O. The number of aldehydes is 1. The lowest BCUT2D eigenvalue weighted by molar-refractivity contribution is -0.107. The molecule has 0 amide bonds. The minimum atomic E-state index is 0.454. The highest BCUT2D eigenvalue weighted by Crippen LogP contribution is 2.04. The molecular weight excluding hydrogens is 152 g/mol. The molecule has 0 N–H and O–H groups in total. The van der Waals surface area contributed by atoms with Crippen molar-refractivity contribution in [1.82, 2.24) is 9.61 Å². The predicted molar refractivity (Wildman–Crippen MR) is 45.0 cm³/mol. The molecule has 0 unspecified atom stereocenters. The second-order valence-electron chi connectivity index (χ2n) is 2.61. The van der Waals surface area contributed by atoms with Crippen LogP contribution in [0.25, 0.3) is 5.52 Å². The summed E-state index contributed by atoms with van der Waals surface area (Å²) >= 11 is 0. The van der Waals surface area contributed by atoms with Gasteiger partial charge in [0.25, 0.3) is 0 Å². The van der Waals surface area contributed by atoms with E-state index in [-0.39, 0.29) is 0 Å². The summed E-state index contributed by atoms with van der Waals surface area (Å²) in [5.41, 5.74) is 2.03. The van der Waals surface area contributed by atoms with Crippen molar-refractivity contribution in [2.45, 2.75) is 6.42 Å². The van der Waals surface area contributed by atoms with Crippen LogP contribution in [0, 0.1) is 0 Å². The highest BCUT2D eigenvalue weighted by molar-refractivity contribution is 5.56. The van der Waals surface area contributed by atoms with Gasteiger partial charge in [0.15, 0.2) is 0 Å². The van der Waals surface area contributed by atoms with E-state index in [1.54, 1.807) is 10.7 Å². The number of fused-ring (bicyclic) bond motifs is 1. The zero-order chi connectivity index (χ0) is 8.39. The summed E-state index contributed by atoms with van der Waals surface area (Å²) in [6.07, 6.45) is 4.95. The Morgan fingerprint density at radius 2 is 2.33 bits per heavy atom. The van der Waals surface area contributed by atoms with Crippen LogP contribution < -0.4 is 0 Å². The van der Waals surface area contributed by atoms with Crippen molar-refractivity contribution in [1.29, 1.82) is 0 Å². The van der Waals surface area contributed by atoms with E-state index in [1.807, 2.05) is 24.4 Å². The molecule has 0 aliphatic rings. The van der Waals surface area contributed by atoms with E-state index in [2.05, 4.69) is 5.10 Å². The quantitative estimate of drug-likeness (QED) is 0.616. The lowest BCUT2D eigenvalue weighted by Crippen LogP contribution is -1.91. The molecule has 3 heteroatoms. The molecule has 0 radical (unpaired) electrons. The number of hydrogen-bond acceptors (Lipinski definition) is 2. The molecule has 0 aliphatic heterocycles. The lowest BCUT2D eigenvalue weighted by Gasteiger charge is -1.96. The van der Waals surface area contributed by atoms with Crippen molar-refractivity contribution < 1.29 is 4.79 Å². The third-order valence-electron chi connectivity index (χ3n) is 1.78. The van der Waals surface area contributed by atoms with E-state index < -0.39 is 0 Å². The molecule has 2 aromatic rings. The Morgan fingerprint density at radius 1 is 1.42 bits per heavy atom. The molecule has 60 valence electrons. The van der Waals surface area contributed by atoms with Gasteiger partial charge in [-0.3, -0.25) is 0 Å². The molecule has 12 heavy (non-hydrogen) atoms. The van der Waals surface area contributed by atoms with Gasteiger partial charge in [0, 0.05) is 18.8 Å².